The second kappa shape index (κ2) is 5.46. The lowest BCUT2D eigenvalue weighted by molar-refractivity contribution is -0.120. The molecule has 98 valence electrons. The van der Waals surface area contributed by atoms with Gasteiger partial charge in [-0.3, -0.25) is 10.1 Å². The molecule has 1 aliphatic heterocycles. The maximum absolute atomic E-state index is 11.8. The highest BCUT2D eigenvalue weighted by atomic mass is 32.2. The predicted octanol–water partition coefficient (Wildman–Crippen LogP) is -0.744. The third kappa shape index (κ3) is 3.40. The van der Waals surface area contributed by atoms with Gasteiger partial charge in [0.05, 0.1) is 5.75 Å². The van der Waals surface area contributed by atoms with E-state index in [9.17, 15) is 18.0 Å². The van der Waals surface area contributed by atoms with E-state index in [0.717, 1.165) is 0 Å². The van der Waals surface area contributed by atoms with Gasteiger partial charge in [0.2, 0.25) is 10.0 Å². The first kappa shape index (κ1) is 13.9. The predicted molar refractivity (Wildman–Crippen MR) is 61.8 cm³/mol. The molecule has 1 atom stereocenters. The number of amides is 3. The lowest BCUT2D eigenvalue weighted by atomic mass is 10.2. The third-order valence-electron chi connectivity index (χ3n) is 2.62. The van der Waals surface area contributed by atoms with E-state index in [2.05, 4.69) is 10.6 Å². The Hall–Kier alpha value is -1.15. The van der Waals surface area contributed by atoms with E-state index >= 15 is 0 Å². The molecule has 7 nitrogen and oxygen atoms in total. The molecule has 1 aliphatic rings. The zero-order valence-corrected chi connectivity index (χ0v) is 10.7. The molecule has 1 heterocycles. The minimum absolute atomic E-state index is 0.0937. The Morgan fingerprint density at radius 1 is 1.24 bits per heavy atom. The first-order valence-electron chi connectivity index (χ1n) is 5.50. The van der Waals surface area contributed by atoms with Crippen molar-refractivity contribution in [3.63, 3.8) is 0 Å². The van der Waals surface area contributed by atoms with Gasteiger partial charge in [-0.1, -0.05) is 13.8 Å². The topological polar surface area (TPSA) is 95.6 Å². The van der Waals surface area contributed by atoms with E-state index in [0.29, 0.717) is 13.1 Å². The zero-order chi connectivity index (χ0) is 13.1. The summed E-state index contributed by atoms with van der Waals surface area (Å²) < 4.78 is 25.0. The number of urea groups is 1. The fraction of sp³-hybridized carbons (Fsp3) is 0.778. The van der Waals surface area contributed by atoms with Crippen molar-refractivity contribution in [1.82, 2.24) is 14.9 Å². The molecule has 0 spiro atoms. The van der Waals surface area contributed by atoms with Crippen molar-refractivity contribution < 1.29 is 18.0 Å². The van der Waals surface area contributed by atoms with Gasteiger partial charge in [-0.25, -0.2) is 17.5 Å². The van der Waals surface area contributed by atoms with Crippen LogP contribution in [0.2, 0.25) is 0 Å². The van der Waals surface area contributed by atoms with Crippen molar-refractivity contribution >= 4 is 22.0 Å². The minimum atomic E-state index is -3.35. The molecule has 0 aromatic carbocycles. The smallest absolute Gasteiger partial charge is 0.322 e. The number of carbonyl (C=O) groups is 2. The molecular formula is C9H17N3O4S. The van der Waals surface area contributed by atoms with Gasteiger partial charge in [0.15, 0.2) is 0 Å². The van der Waals surface area contributed by atoms with Gasteiger partial charge in [-0.15, -0.1) is 0 Å². The lowest BCUT2D eigenvalue weighted by Gasteiger charge is -2.18. The normalized spacial score (nSPS) is 20.5. The monoisotopic (exact) mass is 263 g/mol. The number of hydrogen-bond donors (Lipinski definition) is 2. The van der Waals surface area contributed by atoms with Crippen LogP contribution in [0.25, 0.3) is 0 Å². The highest BCUT2D eigenvalue weighted by Gasteiger charge is 2.31. The van der Waals surface area contributed by atoms with Crippen LogP contribution in [0.5, 0.6) is 0 Å². The molecule has 1 fully saturated rings. The van der Waals surface area contributed by atoms with Crippen LogP contribution in [0.15, 0.2) is 0 Å². The molecular weight excluding hydrogens is 246 g/mol. The fourth-order valence-electron chi connectivity index (χ4n) is 1.68. The van der Waals surface area contributed by atoms with Crippen LogP contribution in [-0.4, -0.2) is 49.5 Å². The van der Waals surface area contributed by atoms with Crippen molar-refractivity contribution in [2.45, 2.75) is 26.3 Å². The third-order valence-corrected chi connectivity index (χ3v) is 4.68. The Morgan fingerprint density at radius 3 is 2.24 bits per heavy atom. The number of hydrogen-bond acceptors (Lipinski definition) is 4. The van der Waals surface area contributed by atoms with E-state index in [1.54, 1.807) is 13.8 Å². The number of carbonyl (C=O) groups excluding carboxylic acids is 2. The van der Waals surface area contributed by atoms with Gasteiger partial charge in [-0.2, -0.15) is 0 Å². The molecule has 0 aliphatic carbocycles. The Balaban J connectivity index is 2.56. The molecule has 1 saturated heterocycles. The highest BCUT2D eigenvalue weighted by molar-refractivity contribution is 7.89. The first-order chi connectivity index (χ1) is 7.90. The summed E-state index contributed by atoms with van der Waals surface area (Å²) >= 11 is 0. The molecule has 8 heteroatoms. The van der Waals surface area contributed by atoms with Crippen LogP contribution < -0.4 is 10.6 Å². The number of rotatable bonds is 6. The van der Waals surface area contributed by atoms with E-state index in [1.165, 1.54) is 4.31 Å². The Bertz CT molecular complexity index is 402. The number of sulfonamides is 1. The summed E-state index contributed by atoms with van der Waals surface area (Å²) in [4.78, 5) is 22.0. The molecule has 1 unspecified atom stereocenters. The van der Waals surface area contributed by atoms with E-state index in [4.69, 9.17) is 0 Å². The second-order valence-electron chi connectivity index (χ2n) is 3.70. The average Bonchev–Trinajstić information content (AvgIpc) is 2.56. The van der Waals surface area contributed by atoms with Crippen molar-refractivity contribution in [3.8, 4) is 0 Å². The maximum atomic E-state index is 11.8. The summed E-state index contributed by atoms with van der Waals surface area (Å²) in [6, 6.07) is -1.31. The standard InChI is InChI=1S/C9H17N3O4S/c1-3-12(4-2)17(15,16)6-5-7-8(13)11-9(14)10-7/h7H,3-6H2,1-2H3,(H2,10,11,13,14). The van der Waals surface area contributed by atoms with Gasteiger partial charge in [0.25, 0.3) is 5.91 Å². The SMILES string of the molecule is CCN(CC)S(=O)(=O)CCC1NC(=O)NC1=O. The van der Waals surface area contributed by atoms with E-state index < -0.39 is 28.0 Å². The summed E-state index contributed by atoms with van der Waals surface area (Å²) in [5.41, 5.74) is 0. The van der Waals surface area contributed by atoms with E-state index in [-0.39, 0.29) is 12.2 Å². The van der Waals surface area contributed by atoms with Crippen LogP contribution in [0.4, 0.5) is 4.79 Å². The van der Waals surface area contributed by atoms with Gasteiger partial charge >= 0.3 is 6.03 Å². The molecule has 0 aromatic rings. The summed E-state index contributed by atoms with van der Waals surface area (Å²) in [7, 11) is -3.35. The fourth-order valence-corrected chi connectivity index (χ4v) is 3.25. The van der Waals surface area contributed by atoms with Gasteiger partial charge in [0.1, 0.15) is 6.04 Å². The van der Waals surface area contributed by atoms with Crippen LogP contribution >= 0.6 is 0 Å². The second-order valence-corrected chi connectivity index (χ2v) is 5.79. The highest BCUT2D eigenvalue weighted by Crippen LogP contribution is 2.06. The Kier molecular flexibility index (Phi) is 4.47. The first-order valence-corrected chi connectivity index (χ1v) is 7.10. The van der Waals surface area contributed by atoms with Crippen molar-refractivity contribution in [3.05, 3.63) is 0 Å². The summed E-state index contributed by atoms with van der Waals surface area (Å²) in [6.45, 7) is 4.32. The summed E-state index contributed by atoms with van der Waals surface area (Å²) in [6.07, 6.45) is 0.0937. The Morgan fingerprint density at radius 2 is 1.82 bits per heavy atom. The molecule has 2 N–H and O–H groups in total. The van der Waals surface area contributed by atoms with Gasteiger partial charge < -0.3 is 5.32 Å². The maximum Gasteiger partial charge on any atom is 0.322 e. The number of imide groups is 1. The van der Waals surface area contributed by atoms with Crippen molar-refractivity contribution in [2.75, 3.05) is 18.8 Å². The van der Waals surface area contributed by atoms with Crippen LogP contribution in [0.3, 0.4) is 0 Å². The van der Waals surface area contributed by atoms with Crippen LogP contribution in [0.1, 0.15) is 20.3 Å². The molecule has 0 saturated carbocycles. The van der Waals surface area contributed by atoms with E-state index in [1.807, 2.05) is 0 Å². The lowest BCUT2D eigenvalue weighted by Crippen LogP contribution is -2.37. The molecule has 0 radical (unpaired) electrons. The van der Waals surface area contributed by atoms with Crippen LogP contribution in [0, 0.1) is 0 Å². The Labute approximate surface area is 101 Å². The quantitative estimate of drug-likeness (QED) is 0.617. The number of nitrogens with zero attached hydrogens (tertiary/aromatic N) is 1. The van der Waals surface area contributed by atoms with Crippen molar-refractivity contribution in [2.24, 2.45) is 0 Å². The summed E-state index contributed by atoms with van der Waals surface area (Å²) in [5.74, 6) is -0.614. The molecule has 0 bridgehead atoms. The zero-order valence-electron chi connectivity index (χ0n) is 9.89. The average molecular weight is 263 g/mol. The largest absolute Gasteiger partial charge is 0.326 e. The molecule has 3 amide bonds. The molecule has 1 rings (SSSR count). The molecule has 17 heavy (non-hydrogen) atoms. The van der Waals surface area contributed by atoms with Crippen LogP contribution in [-0.2, 0) is 14.8 Å². The number of nitrogens with one attached hydrogen (secondary N) is 2. The van der Waals surface area contributed by atoms with Crippen molar-refractivity contribution in [1.29, 1.82) is 0 Å². The van der Waals surface area contributed by atoms with Gasteiger partial charge in [-0.05, 0) is 6.42 Å². The summed E-state index contributed by atoms with van der Waals surface area (Å²) in [5, 5.41) is 4.43. The minimum Gasteiger partial charge on any atom is -0.326 e. The van der Waals surface area contributed by atoms with Gasteiger partial charge in [0, 0.05) is 13.1 Å². The molecule has 0 aromatic heterocycles.